The first-order valence-electron chi connectivity index (χ1n) is 5.48. The monoisotopic (exact) mass is 344 g/mol. The molecule has 21 heavy (non-hydrogen) atoms. The average Bonchev–Trinajstić information content (AvgIpc) is 2.34. The summed E-state index contributed by atoms with van der Waals surface area (Å²) in [6, 6.07) is 10.2. The highest BCUT2D eigenvalue weighted by Gasteiger charge is 2.36. The lowest BCUT2D eigenvalue weighted by molar-refractivity contribution is -0.0517. The van der Waals surface area contributed by atoms with Crippen LogP contribution in [0.2, 0.25) is 0 Å². The van der Waals surface area contributed by atoms with Crippen LogP contribution in [-0.4, -0.2) is 37.6 Å². The fourth-order valence-corrected chi connectivity index (χ4v) is 1.27. The van der Waals surface area contributed by atoms with Crippen molar-refractivity contribution in [3.05, 3.63) is 42.0 Å². The van der Waals surface area contributed by atoms with Crippen molar-refractivity contribution in [3.8, 4) is 0 Å². The van der Waals surface area contributed by atoms with Gasteiger partial charge in [-0.2, -0.15) is 17.4 Å². The highest BCUT2D eigenvalue weighted by atomic mass is 32.2. The number of alkyl halides is 3. The molecule has 0 aromatic heterocycles. The van der Waals surface area contributed by atoms with Gasteiger partial charge < -0.3 is 4.55 Å². The number of benzene rings is 1. The second kappa shape index (κ2) is 9.08. The first-order valence-corrected chi connectivity index (χ1v) is 8.86. The molecule has 0 amide bonds. The van der Waals surface area contributed by atoms with E-state index in [1.165, 1.54) is 5.56 Å². The molecule has 0 heterocycles. The Balaban J connectivity index is 0.000000433. The van der Waals surface area contributed by atoms with Gasteiger partial charge in [0.1, 0.15) is 30.3 Å². The molecule has 1 rings (SSSR count). The summed E-state index contributed by atoms with van der Waals surface area (Å²) in [7, 11) is -6.09. The molecule has 1 aromatic carbocycles. The molecule has 0 unspecified atom stereocenters. The van der Waals surface area contributed by atoms with E-state index < -0.39 is 15.6 Å². The lowest BCUT2D eigenvalue weighted by Gasteiger charge is -2.08. The van der Waals surface area contributed by atoms with E-state index in [4.69, 9.17) is 17.2 Å². The van der Waals surface area contributed by atoms with Crippen LogP contribution in [0.25, 0.3) is 6.08 Å². The molecule has 0 aliphatic heterocycles. The van der Waals surface area contributed by atoms with Crippen molar-refractivity contribution in [1.82, 2.24) is 0 Å². The summed E-state index contributed by atoms with van der Waals surface area (Å²) in [6.45, 7) is 0.699. The summed E-state index contributed by atoms with van der Waals surface area (Å²) in [4.78, 5) is 0. The van der Waals surface area contributed by atoms with E-state index in [0.29, 0.717) is 6.61 Å². The number of hydrogen-bond donors (Lipinski definition) is 0. The minimum atomic E-state index is -6.09. The van der Waals surface area contributed by atoms with Crippen LogP contribution in [0.1, 0.15) is 5.56 Å². The van der Waals surface area contributed by atoms with Gasteiger partial charge in [0.25, 0.3) is 0 Å². The van der Waals surface area contributed by atoms with Gasteiger partial charge in [0.05, 0.1) is 0 Å². The summed E-state index contributed by atoms with van der Waals surface area (Å²) < 4.78 is 64.3. The van der Waals surface area contributed by atoms with Crippen molar-refractivity contribution in [2.24, 2.45) is 0 Å². The highest BCUT2D eigenvalue weighted by Crippen LogP contribution is 2.20. The summed E-state index contributed by atoms with van der Waals surface area (Å²) in [6.07, 6.45) is 8.25. The van der Waals surface area contributed by atoms with Gasteiger partial charge in [0, 0.05) is 0 Å². The Kier molecular flexibility index (Phi) is 8.64. The Morgan fingerprint density at radius 3 is 2.10 bits per heavy atom. The molecule has 0 radical (unpaired) electrons. The highest BCUT2D eigenvalue weighted by molar-refractivity contribution is 7.90. The molecule has 0 aliphatic carbocycles. The van der Waals surface area contributed by atoms with Crippen LogP contribution in [0.15, 0.2) is 36.4 Å². The molecule has 0 spiro atoms. The number of rotatable bonds is 4. The molecular formula is C12H15F3O4S2. The molecule has 0 aliphatic rings. The number of halogens is 3. The van der Waals surface area contributed by atoms with Crippen LogP contribution in [0.5, 0.6) is 0 Å². The second-order valence-electron chi connectivity index (χ2n) is 3.74. The van der Waals surface area contributed by atoms with Gasteiger partial charge in [-0.1, -0.05) is 42.5 Å². The third-order valence-corrected chi connectivity index (χ3v) is 2.97. The van der Waals surface area contributed by atoms with Gasteiger partial charge in [-0.3, -0.25) is 0 Å². The maximum atomic E-state index is 10.7. The third-order valence-electron chi connectivity index (χ3n) is 1.79. The van der Waals surface area contributed by atoms with Crippen molar-refractivity contribution in [2.45, 2.75) is 5.51 Å². The Bertz CT molecular complexity index is 525. The van der Waals surface area contributed by atoms with Crippen LogP contribution >= 0.6 is 0 Å². The molecule has 9 heteroatoms. The predicted molar refractivity (Wildman–Crippen MR) is 76.4 cm³/mol. The van der Waals surface area contributed by atoms with Crippen molar-refractivity contribution in [2.75, 3.05) is 19.1 Å². The van der Waals surface area contributed by atoms with Crippen molar-refractivity contribution in [3.63, 3.8) is 0 Å². The van der Waals surface area contributed by atoms with Gasteiger partial charge in [0.15, 0.2) is 10.1 Å². The SMILES string of the molecule is C[S+](C)OC/C=C/c1ccccc1.O=S(=O)([O-])C(F)(F)F. The summed E-state index contributed by atoms with van der Waals surface area (Å²) in [5.74, 6) is 0. The van der Waals surface area contributed by atoms with Gasteiger partial charge in [-0.05, 0) is 5.56 Å². The Morgan fingerprint density at radius 1 is 1.24 bits per heavy atom. The summed E-state index contributed by atoms with van der Waals surface area (Å²) in [5.41, 5.74) is -4.43. The van der Waals surface area contributed by atoms with Gasteiger partial charge in [-0.15, -0.1) is 0 Å². The molecule has 0 saturated carbocycles. The smallest absolute Gasteiger partial charge is 0.485 e. The molecule has 0 N–H and O–H groups in total. The molecule has 4 nitrogen and oxygen atoms in total. The first kappa shape index (κ1) is 20.0. The predicted octanol–water partition coefficient (Wildman–Crippen LogP) is 2.56. The zero-order valence-electron chi connectivity index (χ0n) is 11.3. The van der Waals surface area contributed by atoms with Gasteiger partial charge >= 0.3 is 5.51 Å². The van der Waals surface area contributed by atoms with Crippen molar-refractivity contribution < 1.29 is 30.3 Å². The van der Waals surface area contributed by atoms with Crippen LogP contribution in [0, 0.1) is 0 Å². The lowest BCUT2D eigenvalue weighted by atomic mass is 10.2. The fraction of sp³-hybridized carbons (Fsp3) is 0.333. The normalized spacial score (nSPS) is 12.3. The van der Waals surface area contributed by atoms with Crippen molar-refractivity contribution in [1.29, 1.82) is 0 Å². The largest absolute Gasteiger partial charge is 0.741 e. The molecule has 0 fully saturated rings. The molecule has 120 valence electrons. The minimum Gasteiger partial charge on any atom is -0.741 e. The average molecular weight is 344 g/mol. The minimum absolute atomic E-state index is 0.0753. The van der Waals surface area contributed by atoms with E-state index in [-0.39, 0.29) is 11.2 Å². The molecular weight excluding hydrogens is 329 g/mol. The Hall–Kier alpha value is -1.03. The van der Waals surface area contributed by atoms with E-state index in [1.54, 1.807) is 0 Å². The lowest BCUT2D eigenvalue weighted by Crippen LogP contribution is -2.21. The van der Waals surface area contributed by atoms with Gasteiger partial charge in [0.2, 0.25) is 0 Å². The van der Waals surface area contributed by atoms with E-state index in [0.717, 1.165) is 0 Å². The summed E-state index contributed by atoms with van der Waals surface area (Å²) >= 11 is 0.0753. The Labute approximate surface area is 124 Å². The quantitative estimate of drug-likeness (QED) is 0.478. The maximum absolute atomic E-state index is 10.7. The van der Waals surface area contributed by atoms with Crippen LogP contribution in [0.3, 0.4) is 0 Å². The zero-order valence-corrected chi connectivity index (χ0v) is 13.0. The standard InChI is InChI=1S/C11H15OS.CHF3O3S/c1-13(2)12-10-6-9-11-7-4-3-5-8-11;2-1(3,4)8(5,6)7/h3-9H,10H2,1-2H3;(H,5,6,7)/q+1;/p-1/b9-6+;. The summed E-state index contributed by atoms with van der Waals surface area (Å²) in [5, 5.41) is 0. The Morgan fingerprint density at radius 2 is 1.71 bits per heavy atom. The van der Waals surface area contributed by atoms with Crippen LogP contribution in [-0.2, 0) is 25.5 Å². The fourth-order valence-electron chi connectivity index (χ4n) is 0.924. The molecule has 0 atom stereocenters. The van der Waals surface area contributed by atoms with E-state index in [1.807, 2.05) is 24.3 Å². The van der Waals surface area contributed by atoms with Crippen LogP contribution < -0.4 is 0 Å². The second-order valence-corrected chi connectivity index (χ2v) is 6.83. The van der Waals surface area contributed by atoms with Gasteiger partial charge in [-0.25, -0.2) is 8.42 Å². The molecule has 1 aromatic rings. The molecule has 0 saturated heterocycles. The van der Waals surface area contributed by atoms with E-state index in [9.17, 15) is 13.2 Å². The topological polar surface area (TPSA) is 66.4 Å². The maximum Gasteiger partial charge on any atom is 0.485 e. The van der Waals surface area contributed by atoms with E-state index in [2.05, 4.69) is 30.7 Å². The third kappa shape index (κ3) is 10.4. The van der Waals surface area contributed by atoms with E-state index >= 15 is 0 Å². The zero-order chi connectivity index (χ0) is 16.5. The number of hydrogen-bond acceptors (Lipinski definition) is 4. The van der Waals surface area contributed by atoms with Crippen LogP contribution in [0.4, 0.5) is 13.2 Å². The molecule has 0 bridgehead atoms. The first-order chi connectivity index (χ1) is 9.54. The van der Waals surface area contributed by atoms with Crippen molar-refractivity contribution >= 4 is 27.4 Å².